The lowest BCUT2D eigenvalue weighted by molar-refractivity contribution is -0.126. The summed E-state index contributed by atoms with van der Waals surface area (Å²) in [5, 5.41) is 16.2. The Balaban J connectivity index is 1.54. The van der Waals surface area contributed by atoms with Crippen molar-refractivity contribution in [3.8, 4) is 9.75 Å². The number of hydrogen-bond acceptors (Lipinski definition) is 10. The third-order valence-electron chi connectivity index (χ3n) is 5.99. The molecule has 2 aromatic rings. The molecule has 0 atom stereocenters. The van der Waals surface area contributed by atoms with Gasteiger partial charge in [-0.05, 0) is 56.0 Å². The lowest BCUT2D eigenvalue weighted by atomic mass is 9.96. The molecule has 1 fully saturated rings. The van der Waals surface area contributed by atoms with Crippen LogP contribution in [0, 0.1) is 10.8 Å². The molecule has 0 aromatic carbocycles. The number of halogens is 2. The molecule has 3 heterocycles. The highest BCUT2D eigenvalue weighted by Crippen LogP contribution is 2.59. The Hall–Kier alpha value is -2.48. The summed E-state index contributed by atoms with van der Waals surface area (Å²) in [6, 6.07) is 3.69. The van der Waals surface area contributed by atoms with Crippen molar-refractivity contribution in [2.45, 2.75) is 5.79 Å². The summed E-state index contributed by atoms with van der Waals surface area (Å²) in [6.45, 7) is 0.744. The van der Waals surface area contributed by atoms with E-state index in [1.165, 1.54) is 40.9 Å². The summed E-state index contributed by atoms with van der Waals surface area (Å²) in [5.41, 5.74) is 2.56. The van der Waals surface area contributed by atoms with Crippen LogP contribution in [0.25, 0.3) is 20.9 Å². The summed E-state index contributed by atoms with van der Waals surface area (Å²) in [6.07, 6.45) is 5.00. The monoisotopic (exact) mass is 544 g/mol. The van der Waals surface area contributed by atoms with Crippen LogP contribution in [-0.2, 0) is 15.3 Å². The van der Waals surface area contributed by atoms with Gasteiger partial charge >= 0.3 is 0 Å². The SMILES string of the molecule is N=C1C=C(F)C=C(c2cc3c(s2)-c2sc(C4=C(F)C=CC(=N)/C4=N\S)cc2C32OCCO2)/C1=N/S. The number of thiol groups is 2. The second-order valence-electron chi connectivity index (χ2n) is 7.89. The van der Waals surface area contributed by atoms with E-state index < -0.39 is 17.4 Å². The van der Waals surface area contributed by atoms with E-state index in [2.05, 4.69) is 34.4 Å². The fourth-order valence-electron chi connectivity index (χ4n) is 4.53. The molecule has 6 nitrogen and oxygen atoms in total. The van der Waals surface area contributed by atoms with E-state index in [1.807, 2.05) is 12.1 Å². The Labute approximate surface area is 217 Å². The Bertz CT molecular complexity index is 1530. The second-order valence-corrected chi connectivity index (χ2v) is 10.4. The highest BCUT2D eigenvalue weighted by molar-refractivity contribution is 7.79. The van der Waals surface area contributed by atoms with Crippen LogP contribution in [0.1, 0.15) is 20.9 Å². The first-order valence-corrected chi connectivity index (χ1v) is 12.7. The van der Waals surface area contributed by atoms with Crippen molar-refractivity contribution in [3.63, 3.8) is 0 Å². The van der Waals surface area contributed by atoms with Gasteiger partial charge in [0, 0.05) is 32.5 Å². The maximum Gasteiger partial charge on any atom is 0.225 e. The van der Waals surface area contributed by atoms with Crippen LogP contribution in [0.5, 0.6) is 0 Å². The topological polar surface area (TPSA) is 90.9 Å². The fourth-order valence-corrected chi connectivity index (χ4v) is 7.57. The minimum atomic E-state index is -1.17. The van der Waals surface area contributed by atoms with E-state index in [4.69, 9.17) is 20.3 Å². The van der Waals surface area contributed by atoms with E-state index in [1.54, 1.807) is 0 Å². The molecule has 35 heavy (non-hydrogen) atoms. The fraction of sp³-hybridized carbons (Fsp3) is 0.130. The average molecular weight is 545 g/mol. The van der Waals surface area contributed by atoms with Crippen molar-refractivity contribution < 1.29 is 18.3 Å². The summed E-state index contributed by atoms with van der Waals surface area (Å²) in [7, 11) is 0. The molecule has 3 aliphatic carbocycles. The molecule has 0 saturated carbocycles. The molecule has 1 spiro atoms. The Morgan fingerprint density at radius 1 is 0.857 bits per heavy atom. The standard InChI is InChI=1S/C23H14F2N4O2S4/c24-9-5-10(19(28-32)15(27)6-9)16-7-11-21(34-16)22-12(23(11)30-3-4-31-23)8-17(35-22)18-13(25)1-2-14(26)20(18)29-33/h1-2,5-8,26-27,32-33H,3-4H2/b26-14?,27-15?,28-19-,29-20+. The van der Waals surface area contributed by atoms with Gasteiger partial charge in [-0.25, -0.2) is 17.6 Å². The van der Waals surface area contributed by atoms with E-state index in [-0.39, 0.29) is 28.4 Å². The first kappa shape index (κ1) is 23.0. The van der Waals surface area contributed by atoms with E-state index in [9.17, 15) is 8.78 Å². The van der Waals surface area contributed by atoms with Gasteiger partial charge in [0.15, 0.2) is 0 Å². The summed E-state index contributed by atoms with van der Waals surface area (Å²) in [5.74, 6) is -2.22. The molecule has 176 valence electrons. The highest BCUT2D eigenvalue weighted by Gasteiger charge is 2.51. The van der Waals surface area contributed by atoms with Crippen LogP contribution < -0.4 is 0 Å². The molecule has 0 amide bonds. The van der Waals surface area contributed by atoms with Gasteiger partial charge in [-0.2, -0.15) is 0 Å². The average Bonchev–Trinajstić information content (AvgIpc) is 3.59. The zero-order chi connectivity index (χ0) is 24.5. The van der Waals surface area contributed by atoms with Gasteiger partial charge in [-0.3, -0.25) is 10.8 Å². The number of thiophene rings is 2. The number of fused-ring (bicyclic) bond motifs is 5. The van der Waals surface area contributed by atoms with Gasteiger partial charge < -0.3 is 9.47 Å². The molecule has 4 aliphatic rings. The molecular weight excluding hydrogens is 531 g/mol. The van der Waals surface area contributed by atoms with Crippen molar-refractivity contribution >= 4 is 82.3 Å². The smallest absolute Gasteiger partial charge is 0.225 e. The Kier molecular flexibility index (Phi) is 5.43. The summed E-state index contributed by atoms with van der Waals surface area (Å²) >= 11 is 10.7. The zero-order valence-electron chi connectivity index (χ0n) is 17.6. The van der Waals surface area contributed by atoms with Crippen LogP contribution in [-0.4, -0.2) is 36.1 Å². The number of nitrogens with zero attached hydrogens (tertiary/aromatic N) is 2. The Morgan fingerprint density at radius 3 is 2.14 bits per heavy atom. The number of allylic oxidation sites excluding steroid dienone is 8. The molecule has 12 heteroatoms. The van der Waals surface area contributed by atoms with Gasteiger partial charge in [0.1, 0.15) is 23.1 Å². The van der Waals surface area contributed by atoms with Gasteiger partial charge in [-0.1, -0.05) is 0 Å². The number of ether oxygens (including phenoxy) is 2. The molecule has 0 unspecified atom stereocenters. The Morgan fingerprint density at radius 2 is 1.49 bits per heavy atom. The summed E-state index contributed by atoms with van der Waals surface area (Å²) in [4.78, 5) is 2.93. The van der Waals surface area contributed by atoms with Crippen LogP contribution in [0.4, 0.5) is 8.78 Å². The predicted molar refractivity (Wildman–Crippen MR) is 143 cm³/mol. The van der Waals surface area contributed by atoms with E-state index in [0.717, 1.165) is 27.0 Å². The maximum atomic E-state index is 14.9. The van der Waals surface area contributed by atoms with Gasteiger partial charge in [0.05, 0.1) is 40.0 Å². The van der Waals surface area contributed by atoms with Crippen molar-refractivity contribution in [3.05, 3.63) is 69.0 Å². The van der Waals surface area contributed by atoms with Crippen molar-refractivity contribution in [2.75, 3.05) is 13.2 Å². The van der Waals surface area contributed by atoms with Crippen LogP contribution in [0.2, 0.25) is 0 Å². The quantitative estimate of drug-likeness (QED) is 0.270. The minimum Gasteiger partial charge on any atom is -0.340 e. The minimum absolute atomic E-state index is 0.0625. The predicted octanol–water partition coefficient (Wildman–Crippen LogP) is 6.15. The number of hydrogen-bond donors (Lipinski definition) is 4. The molecular formula is C23H14F2N4O2S4. The largest absolute Gasteiger partial charge is 0.340 e. The lowest BCUT2D eigenvalue weighted by Crippen LogP contribution is -2.25. The first-order valence-electron chi connectivity index (χ1n) is 10.2. The molecule has 6 rings (SSSR count). The van der Waals surface area contributed by atoms with Crippen molar-refractivity contribution in [2.24, 2.45) is 8.80 Å². The highest BCUT2D eigenvalue weighted by atomic mass is 32.1. The molecule has 1 saturated heterocycles. The van der Waals surface area contributed by atoms with E-state index >= 15 is 0 Å². The number of rotatable bonds is 2. The van der Waals surface area contributed by atoms with Gasteiger partial charge in [0.25, 0.3) is 0 Å². The molecule has 0 bridgehead atoms. The third kappa shape index (κ3) is 3.28. The molecule has 1 aliphatic heterocycles. The van der Waals surface area contributed by atoms with E-state index in [0.29, 0.717) is 28.5 Å². The van der Waals surface area contributed by atoms with Crippen LogP contribution in [0.3, 0.4) is 0 Å². The normalized spacial score (nSPS) is 23.0. The lowest BCUT2D eigenvalue weighted by Gasteiger charge is -2.23. The van der Waals surface area contributed by atoms with Gasteiger partial charge in [-0.15, -0.1) is 22.7 Å². The molecule has 2 aromatic heterocycles. The third-order valence-corrected chi connectivity index (χ3v) is 8.87. The number of nitrogens with one attached hydrogen (secondary N) is 2. The van der Waals surface area contributed by atoms with Crippen LogP contribution in [0.15, 0.2) is 56.9 Å². The van der Waals surface area contributed by atoms with Crippen molar-refractivity contribution in [1.29, 1.82) is 10.8 Å². The maximum absolute atomic E-state index is 14.9. The zero-order valence-corrected chi connectivity index (χ0v) is 21.0. The van der Waals surface area contributed by atoms with Gasteiger partial charge in [0.2, 0.25) is 5.79 Å². The second kappa shape index (κ2) is 8.29. The van der Waals surface area contributed by atoms with Crippen molar-refractivity contribution in [1.82, 2.24) is 0 Å². The molecule has 0 radical (unpaired) electrons. The van der Waals surface area contributed by atoms with Crippen LogP contribution >= 0.6 is 48.3 Å². The summed E-state index contributed by atoms with van der Waals surface area (Å²) < 4.78 is 49.1. The molecule has 2 N–H and O–H groups in total. The first-order chi connectivity index (χ1) is 16.9.